The van der Waals surface area contributed by atoms with Gasteiger partial charge in [-0.3, -0.25) is 18.9 Å². The maximum Gasteiger partial charge on any atom is 0.357 e. The summed E-state index contributed by atoms with van der Waals surface area (Å²) in [5.41, 5.74) is 2.28. The maximum atomic E-state index is 12.9. The van der Waals surface area contributed by atoms with E-state index in [0.29, 0.717) is 23.5 Å². The fourth-order valence-electron chi connectivity index (χ4n) is 3.67. The molecular formula is C25H29N3O7S2. The number of nitrogens with zero attached hydrogens (tertiary/aromatic N) is 1. The molecule has 1 atom stereocenters. The Kier molecular flexibility index (Phi) is 9.61. The van der Waals surface area contributed by atoms with Crippen LogP contribution in [0.5, 0.6) is 11.5 Å². The second-order valence-corrected chi connectivity index (χ2v) is 10.1. The average Bonchev–Trinajstić information content (AvgIpc) is 3.36. The van der Waals surface area contributed by atoms with Crippen LogP contribution in [-0.2, 0) is 27.9 Å². The number of rotatable bonds is 13. The van der Waals surface area contributed by atoms with Crippen molar-refractivity contribution in [3.05, 3.63) is 69.7 Å². The molecule has 12 heteroatoms. The average molecular weight is 548 g/mol. The summed E-state index contributed by atoms with van der Waals surface area (Å²) in [6, 6.07) is 11.0. The third-order valence-electron chi connectivity index (χ3n) is 5.49. The van der Waals surface area contributed by atoms with Gasteiger partial charge in [0.1, 0.15) is 5.01 Å². The van der Waals surface area contributed by atoms with Gasteiger partial charge in [0.2, 0.25) is 5.91 Å². The highest BCUT2D eigenvalue weighted by Gasteiger charge is 2.21. The summed E-state index contributed by atoms with van der Waals surface area (Å²) in [7, 11) is -1.43. The van der Waals surface area contributed by atoms with E-state index in [1.165, 1.54) is 37.7 Å². The van der Waals surface area contributed by atoms with Gasteiger partial charge >= 0.3 is 10.3 Å². The molecule has 1 heterocycles. The number of amides is 1. The molecule has 0 spiro atoms. The van der Waals surface area contributed by atoms with Crippen molar-refractivity contribution < 1.29 is 32.0 Å². The molecule has 0 fully saturated rings. The first-order valence-corrected chi connectivity index (χ1v) is 13.8. The van der Waals surface area contributed by atoms with Crippen LogP contribution >= 0.6 is 11.3 Å². The molecule has 1 amide bonds. The number of carbonyl (C=O) groups excluding carboxylic acids is 2. The predicted octanol–water partition coefficient (Wildman–Crippen LogP) is 4.00. The van der Waals surface area contributed by atoms with Gasteiger partial charge in [-0.1, -0.05) is 25.1 Å². The van der Waals surface area contributed by atoms with Crippen LogP contribution in [0.2, 0.25) is 0 Å². The zero-order chi connectivity index (χ0) is 27.0. The molecule has 37 heavy (non-hydrogen) atoms. The van der Waals surface area contributed by atoms with Crippen LogP contribution in [0.1, 0.15) is 52.4 Å². The quantitative estimate of drug-likeness (QED) is 0.215. The number of aryl methyl sites for hydroxylation is 1. The second kappa shape index (κ2) is 12.7. The number of methoxy groups -OCH3 is 2. The standard InChI is InChI=1S/C25H29N3O7S2/c1-4-17-15-36-25(26-17)20(14-16-8-10-18(11-9-16)28-37(31,32)33)27-23(30)13-12-21(29)19-6-5-7-22(34-2)24(19)35-3/h5-11,15,20,28H,4,12-14H2,1-3H3,(H,27,30)(H,31,32,33)/t20-/m0/s1. The fraction of sp³-hybridized carbons (Fsp3) is 0.320. The molecule has 0 aliphatic carbocycles. The van der Waals surface area contributed by atoms with Crippen molar-refractivity contribution in [1.29, 1.82) is 0 Å². The third-order valence-corrected chi connectivity index (χ3v) is 6.99. The Labute approximate surface area is 219 Å². The summed E-state index contributed by atoms with van der Waals surface area (Å²) in [6.07, 6.45) is 1.10. The van der Waals surface area contributed by atoms with Crippen molar-refractivity contribution in [3.8, 4) is 11.5 Å². The minimum atomic E-state index is -4.37. The molecule has 0 radical (unpaired) electrons. The van der Waals surface area contributed by atoms with Gasteiger partial charge in [0.05, 0.1) is 37.2 Å². The summed E-state index contributed by atoms with van der Waals surface area (Å²) >= 11 is 1.44. The smallest absolute Gasteiger partial charge is 0.357 e. The van der Waals surface area contributed by atoms with Crippen LogP contribution in [0.15, 0.2) is 47.8 Å². The van der Waals surface area contributed by atoms with E-state index in [1.54, 1.807) is 30.3 Å². The van der Waals surface area contributed by atoms with Gasteiger partial charge in [0.15, 0.2) is 17.3 Å². The summed E-state index contributed by atoms with van der Waals surface area (Å²) in [6.45, 7) is 1.99. The number of ether oxygens (including phenoxy) is 2. The number of para-hydroxylation sites is 1. The lowest BCUT2D eigenvalue weighted by Crippen LogP contribution is -2.30. The molecule has 3 rings (SSSR count). The van der Waals surface area contributed by atoms with Crippen molar-refractivity contribution >= 4 is 39.0 Å². The number of nitrogens with one attached hydrogen (secondary N) is 2. The van der Waals surface area contributed by atoms with Crippen LogP contribution in [0, 0.1) is 0 Å². The zero-order valence-corrected chi connectivity index (χ0v) is 22.3. The van der Waals surface area contributed by atoms with Gasteiger partial charge < -0.3 is 14.8 Å². The van der Waals surface area contributed by atoms with Gasteiger partial charge in [0, 0.05) is 18.2 Å². The van der Waals surface area contributed by atoms with Gasteiger partial charge in [-0.25, -0.2) is 4.98 Å². The molecule has 0 saturated heterocycles. The lowest BCUT2D eigenvalue weighted by molar-refractivity contribution is -0.121. The minimum absolute atomic E-state index is 0.0177. The Hall–Kier alpha value is -3.48. The normalized spacial score (nSPS) is 12.0. The van der Waals surface area contributed by atoms with Gasteiger partial charge in [-0.05, 0) is 42.7 Å². The number of hydrogen-bond acceptors (Lipinski definition) is 8. The largest absolute Gasteiger partial charge is 0.493 e. The number of Topliss-reactive ketones (excluding diaryl/α,β-unsaturated/α-hetero) is 1. The Morgan fingerprint density at radius 1 is 1.08 bits per heavy atom. The molecule has 1 aromatic heterocycles. The molecule has 0 aliphatic rings. The van der Waals surface area contributed by atoms with E-state index >= 15 is 0 Å². The van der Waals surface area contributed by atoms with Crippen molar-refractivity contribution in [1.82, 2.24) is 10.3 Å². The Morgan fingerprint density at radius 2 is 1.81 bits per heavy atom. The minimum Gasteiger partial charge on any atom is -0.493 e. The lowest BCUT2D eigenvalue weighted by atomic mass is 10.0. The molecule has 10 nitrogen and oxygen atoms in total. The number of hydrogen-bond donors (Lipinski definition) is 3. The molecular weight excluding hydrogens is 518 g/mol. The number of ketones is 1. The van der Waals surface area contributed by atoms with Gasteiger partial charge in [0.25, 0.3) is 0 Å². The summed E-state index contributed by atoms with van der Waals surface area (Å²) in [5, 5.41) is 5.64. The Balaban J connectivity index is 1.70. The van der Waals surface area contributed by atoms with E-state index in [1.807, 2.05) is 17.0 Å². The van der Waals surface area contributed by atoms with Crippen molar-refractivity contribution in [3.63, 3.8) is 0 Å². The molecule has 2 aromatic carbocycles. The van der Waals surface area contributed by atoms with E-state index in [-0.39, 0.29) is 30.2 Å². The number of benzene rings is 2. The topological polar surface area (TPSA) is 144 Å². The fourth-order valence-corrected chi connectivity index (χ4v) is 5.06. The van der Waals surface area contributed by atoms with Crippen LogP contribution in [0.25, 0.3) is 0 Å². The maximum absolute atomic E-state index is 12.9. The highest BCUT2D eigenvalue weighted by molar-refractivity contribution is 7.87. The van der Waals surface area contributed by atoms with Crippen LogP contribution in [0.3, 0.4) is 0 Å². The molecule has 3 N–H and O–H groups in total. The highest BCUT2D eigenvalue weighted by atomic mass is 32.2. The van der Waals surface area contributed by atoms with E-state index in [2.05, 4.69) is 10.3 Å². The first-order valence-electron chi connectivity index (χ1n) is 11.5. The van der Waals surface area contributed by atoms with Crippen molar-refractivity contribution in [2.45, 2.75) is 38.6 Å². The van der Waals surface area contributed by atoms with E-state index in [4.69, 9.17) is 14.0 Å². The molecule has 0 saturated carbocycles. The summed E-state index contributed by atoms with van der Waals surface area (Å²) in [4.78, 5) is 30.3. The summed E-state index contributed by atoms with van der Waals surface area (Å²) < 4.78 is 43.6. The van der Waals surface area contributed by atoms with E-state index < -0.39 is 16.3 Å². The number of aromatic nitrogens is 1. The van der Waals surface area contributed by atoms with Crippen LogP contribution in [0.4, 0.5) is 5.69 Å². The molecule has 198 valence electrons. The second-order valence-electron chi connectivity index (χ2n) is 8.09. The molecule has 0 unspecified atom stereocenters. The Morgan fingerprint density at radius 3 is 2.41 bits per heavy atom. The lowest BCUT2D eigenvalue weighted by Gasteiger charge is -2.17. The molecule has 0 aliphatic heterocycles. The number of thiazole rings is 1. The van der Waals surface area contributed by atoms with Crippen molar-refractivity contribution in [2.75, 3.05) is 18.9 Å². The van der Waals surface area contributed by atoms with E-state index in [9.17, 15) is 18.0 Å². The third kappa shape index (κ3) is 8.00. The monoisotopic (exact) mass is 547 g/mol. The zero-order valence-electron chi connectivity index (χ0n) is 20.7. The van der Waals surface area contributed by atoms with Gasteiger partial charge in [-0.2, -0.15) is 8.42 Å². The predicted molar refractivity (Wildman–Crippen MR) is 141 cm³/mol. The van der Waals surface area contributed by atoms with E-state index in [0.717, 1.165) is 22.7 Å². The molecule has 0 bridgehead atoms. The first kappa shape index (κ1) is 28.1. The molecule has 3 aromatic rings. The Bertz CT molecular complexity index is 1340. The highest BCUT2D eigenvalue weighted by Crippen LogP contribution is 2.31. The number of anilines is 1. The van der Waals surface area contributed by atoms with Crippen molar-refractivity contribution in [2.24, 2.45) is 0 Å². The summed E-state index contributed by atoms with van der Waals surface area (Å²) in [5.74, 6) is 0.214. The van der Waals surface area contributed by atoms with Gasteiger partial charge in [-0.15, -0.1) is 11.3 Å². The van der Waals surface area contributed by atoms with Crippen LogP contribution in [-0.4, -0.2) is 43.9 Å². The van der Waals surface area contributed by atoms with Crippen LogP contribution < -0.4 is 19.5 Å². The first-order chi connectivity index (χ1) is 17.6. The number of carbonyl (C=O) groups is 2. The SMILES string of the molecule is CCc1csc([C@H](Cc2ccc(NS(=O)(=O)O)cc2)NC(=O)CCC(=O)c2cccc(OC)c2OC)n1.